The monoisotopic (exact) mass is 278 g/mol. The molecule has 0 fully saturated rings. The van der Waals surface area contributed by atoms with Crippen molar-refractivity contribution in [3.8, 4) is 0 Å². The summed E-state index contributed by atoms with van der Waals surface area (Å²) in [5, 5.41) is 0. The molecule has 0 N–H and O–H groups in total. The normalized spacial score (nSPS) is 22.9. The summed E-state index contributed by atoms with van der Waals surface area (Å²) in [6, 6.07) is 14.6. The van der Waals surface area contributed by atoms with Crippen molar-refractivity contribution in [1.29, 1.82) is 0 Å². The van der Waals surface area contributed by atoms with Crippen LogP contribution >= 0.6 is 0 Å². The van der Waals surface area contributed by atoms with E-state index in [-0.39, 0.29) is 5.91 Å². The standard InChI is InChI=1S/C18H18N2O/c1-12-8-9-16-14(10-12)18(17(21)19(16)2)11-13-6-4-5-7-15(13)20(18)3/h4-10H,11H2,1-3H3. The van der Waals surface area contributed by atoms with E-state index in [1.165, 1.54) is 11.1 Å². The van der Waals surface area contributed by atoms with Crippen LogP contribution in [0.25, 0.3) is 0 Å². The molecule has 0 saturated carbocycles. The van der Waals surface area contributed by atoms with Gasteiger partial charge in [-0.2, -0.15) is 0 Å². The highest BCUT2D eigenvalue weighted by Gasteiger charge is 2.56. The Morgan fingerprint density at radius 3 is 2.57 bits per heavy atom. The highest BCUT2D eigenvalue weighted by atomic mass is 16.2. The molecular weight excluding hydrogens is 260 g/mol. The van der Waals surface area contributed by atoms with Crippen LogP contribution in [0.5, 0.6) is 0 Å². The summed E-state index contributed by atoms with van der Waals surface area (Å²) in [4.78, 5) is 17.0. The summed E-state index contributed by atoms with van der Waals surface area (Å²) < 4.78 is 0. The Morgan fingerprint density at radius 1 is 1.05 bits per heavy atom. The number of rotatable bonds is 0. The molecule has 2 aliphatic rings. The average Bonchev–Trinajstić information content (AvgIpc) is 2.89. The van der Waals surface area contributed by atoms with Crippen LogP contribution in [-0.4, -0.2) is 20.0 Å². The molecule has 0 radical (unpaired) electrons. The summed E-state index contributed by atoms with van der Waals surface area (Å²) in [7, 11) is 3.91. The zero-order chi connectivity index (χ0) is 14.8. The third kappa shape index (κ3) is 1.36. The number of para-hydroxylation sites is 1. The molecule has 1 unspecified atom stereocenters. The van der Waals surface area contributed by atoms with Crippen molar-refractivity contribution >= 4 is 17.3 Å². The van der Waals surface area contributed by atoms with Crippen molar-refractivity contribution in [2.75, 3.05) is 23.9 Å². The first kappa shape index (κ1) is 12.5. The van der Waals surface area contributed by atoms with E-state index in [9.17, 15) is 4.79 Å². The average molecular weight is 278 g/mol. The first-order valence-electron chi connectivity index (χ1n) is 7.27. The van der Waals surface area contributed by atoms with Crippen LogP contribution in [0.4, 0.5) is 11.4 Å². The maximum absolute atomic E-state index is 13.1. The maximum atomic E-state index is 13.1. The minimum absolute atomic E-state index is 0.168. The highest BCUT2D eigenvalue weighted by molar-refractivity contribution is 6.10. The molecule has 0 aliphatic carbocycles. The van der Waals surface area contributed by atoms with E-state index >= 15 is 0 Å². The summed E-state index contributed by atoms with van der Waals surface area (Å²) in [6.07, 6.45) is 0.749. The Kier molecular flexibility index (Phi) is 2.30. The second kappa shape index (κ2) is 3.88. The Bertz CT molecular complexity index is 768. The largest absolute Gasteiger partial charge is 0.356 e. The molecule has 2 aromatic carbocycles. The lowest BCUT2D eigenvalue weighted by atomic mass is 9.86. The van der Waals surface area contributed by atoms with Gasteiger partial charge in [-0.1, -0.05) is 35.9 Å². The number of nitrogens with zero attached hydrogens (tertiary/aromatic N) is 2. The van der Waals surface area contributed by atoms with E-state index in [1.807, 2.05) is 26.2 Å². The third-order valence-electron chi connectivity index (χ3n) is 4.99. The fourth-order valence-electron chi connectivity index (χ4n) is 3.86. The maximum Gasteiger partial charge on any atom is 0.257 e. The van der Waals surface area contributed by atoms with Crippen molar-refractivity contribution in [3.05, 3.63) is 59.2 Å². The molecule has 2 aliphatic heterocycles. The van der Waals surface area contributed by atoms with Gasteiger partial charge in [0, 0.05) is 37.5 Å². The summed E-state index contributed by atoms with van der Waals surface area (Å²) in [5.74, 6) is 0.168. The van der Waals surface area contributed by atoms with Crippen LogP contribution < -0.4 is 9.80 Å². The lowest BCUT2D eigenvalue weighted by Crippen LogP contribution is -2.49. The Morgan fingerprint density at radius 2 is 1.81 bits per heavy atom. The summed E-state index contributed by atoms with van der Waals surface area (Å²) in [6.45, 7) is 2.08. The molecule has 1 amide bonds. The van der Waals surface area contributed by atoms with E-state index in [0.29, 0.717) is 0 Å². The van der Waals surface area contributed by atoms with Gasteiger partial charge in [-0.05, 0) is 24.6 Å². The third-order valence-corrected chi connectivity index (χ3v) is 4.99. The van der Waals surface area contributed by atoms with Gasteiger partial charge < -0.3 is 9.80 Å². The molecule has 3 nitrogen and oxygen atoms in total. The lowest BCUT2D eigenvalue weighted by Gasteiger charge is -2.33. The fourth-order valence-corrected chi connectivity index (χ4v) is 3.86. The van der Waals surface area contributed by atoms with Crippen molar-refractivity contribution in [2.45, 2.75) is 18.9 Å². The number of carbonyl (C=O) groups is 1. The zero-order valence-corrected chi connectivity index (χ0v) is 12.6. The fraction of sp³-hybridized carbons (Fsp3) is 0.278. The quantitative estimate of drug-likeness (QED) is 0.740. The summed E-state index contributed by atoms with van der Waals surface area (Å²) >= 11 is 0. The number of anilines is 2. The van der Waals surface area contributed by atoms with Gasteiger partial charge in [-0.3, -0.25) is 4.79 Å². The van der Waals surface area contributed by atoms with Crippen LogP contribution in [0.2, 0.25) is 0 Å². The molecule has 0 bridgehead atoms. The van der Waals surface area contributed by atoms with Gasteiger partial charge in [0.05, 0.1) is 0 Å². The first-order valence-corrected chi connectivity index (χ1v) is 7.27. The summed E-state index contributed by atoms with van der Waals surface area (Å²) in [5.41, 5.74) is 5.20. The number of hydrogen-bond donors (Lipinski definition) is 0. The molecule has 1 atom stereocenters. The Balaban J connectivity index is 1.99. The van der Waals surface area contributed by atoms with Crippen LogP contribution in [0.1, 0.15) is 16.7 Å². The number of aryl methyl sites for hydroxylation is 1. The Hall–Kier alpha value is -2.29. The second-order valence-corrected chi connectivity index (χ2v) is 6.11. The van der Waals surface area contributed by atoms with E-state index in [4.69, 9.17) is 0 Å². The topological polar surface area (TPSA) is 23.6 Å². The van der Waals surface area contributed by atoms with E-state index in [0.717, 1.165) is 23.4 Å². The number of hydrogen-bond acceptors (Lipinski definition) is 2. The minimum atomic E-state index is -0.570. The van der Waals surface area contributed by atoms with Crippen molar-refractivity contribution in [2.24, 2.45) is 0 Å². The smallest absolute Gasteiger partial charge is 0.257 e. The van der Waals surface area contributed by atoms with Gasteiger partial charge in [-0.15, -0.1) is 0 Å². The second-order valence-electron chi connectivity index (χ2n) is 6.11. The van der Waals surface area contributed by atoms with E-state index in [2.05, 4.69) is 42.2 Å². The molecule has 4 rings (SSSR count). The van der Waals surface area contributed by atoms with E-state index < -0.39 is 5.54 Å². The van der Waals surface area contributed by atoms with Gasteiger partial charge in [-0.25, -0.2) is 0 Å². The number of likely N-dealkylation sites (N-methyl/N-ethyl adjacent to an activating group) is 2. The van der Waals surface area contributed by atoms with Gasteiger partial charge >= 0.3 is 0 Å². The minimum Gasteiger partial charge on any atom is -0.356 e. The zero-order valence-electron chi connectivity index (χ0n) is 12.6. The number of fused-ring (bicyclic) bond motifs is 3. The molecule has 3 heteroatoms. The van der Waals surface area contributed by atoms with Crippen LogP contribution in [0.15, 0.2) is 42.5 Å². The SMILES string of the molecule is Cc1ccc2c(c1)C1(Cc3ccccc3N1C)C(=O)N2C. The molecular formula is C18H18N2O. The highest BCUT2D eigenvalue weighted by Crippen LogP contribution is 2.51. The Labute approximate surface area is 124 Å². The van der Waals surface area contributed by atoms with Gasteiger partial charge in [0.25, 0.3) is 5.91 Å². The molecule has 21 heavy (non-hydrogen) atoms. The molecule has 0 saturated heterocycles. The van der Waals surface area contributed by atoms with Gasteiger partial charge in [0.2, 0.25) is 0 Å². The number of carbonyl (C=O) groups excluding carboxylic acids is 1. The van der Waals surface area contributed by atoms with Crippen LogP contribution in [0, 0.1) is 6.92 Å². The number of benzene rings is 2. The molecule has 106 valence electrons. The van der Waals surface area contributed by atoms with Gasteiger partial charge in [0.15, 0.2) is 5.54 Å². The van der Waals surface area contributed by atoms with Gasteiger partial charge in [0.1, 0.15) is 0 Å². The molecule has 2 heterocycles. The van der Waals surface area contributed by atoms with Crippen molar-refractivity contribution < 1.29 is 4.79 Å². The predicted molar refractivity (Wildman–Crippen MR) is 84.8 cm³/mol. The van der Waals surface area contributed by atoms with Crippen LogP contribution in [0.3, 0.4) is 0 Å². The van der Waals surface area contributed by atoms with E-state index in [1.54, 1.807) is 4.90 Å². The first-order chi connectivity index (χ1) is 10.1. The molecule has 2 aromatic rings. The molecule has 0 aromatic heterocycles. The van der Waals surface area contributed by atoms with Crippen molar-refractivity contribution in [3.63, 3.8) is 0 Å². The van der Waals surface area contributed by atoms with Crippen molar-refractivity contribution in [1.82, 2.24) is 0 Å². The number of amides is 1. The predicted octanol–water partition coefficient (Wildman–Crippen LogP) is 2.86. The van der Waals surface area contributed by atoms with Crippen LogP contribution in [-0.2, 0) is 16.8 Å². The lowest BCUT2D eigenvalue weighted by molar-refractivity contribution is -0.122. The molecule has 1 spiro atoms.